The van der Waals surface area contributed by atoms with Crippen molar-refractivity contribution in [2.75, 3.05) is 61.3 Å². The van der Waals surface area contributed by atoms with Crippen molar-refractivity contribution in [3.63, 3.8) is 0 Å². The van der Waals surface area contributed by atoms with Gasteiger partial charge in [-0.3, -0.25) is 4.72 Å². The van der Waals surface area contributed by atoms with Crippen LogP contribution in [0.2, 0.25) is 15.1 Å². The lowest BCUT2D eigenvalue weighted by Crippen LogP contribution is -2.30. The summed E-state index contributed by atoms with van der Waals surface area (Å²) in [5, 5.41) is 12.7. The van der Waals surface area contributed by atoms with Crippen molar-refractivity contribution in [2.24, 2.45) is 0 Å². The van der Waals surface area contributed by atoms with Gasteiger partial charge in [0.15, 0.2) is 0 Å². The first-order valence-corrected chi connectivity index (χ1v) is 43.3. The molecule has 0 saturated heterocycles. The molecular weight excluding hydrogens is 1870 g/mol. The number of nitrogens with one attached hydrogen (secondary N) is 2. The number of benzene rings is 9. The Morgan fingerprint density at radius 2 is 0.768 bits per heavy atom. The van der Waals surface area contributed by atoms with Crippen LogP contribution in [0.15, 0.2) is 204 Å². The molecule has 47 heteroatoms. The van der Waals surface area contributed by atoms with E-state index in [1.165, 1.54) is 129 Å². The molecule has 0 fully saturated rings. The Kier molecular flexibility index (Phi) is 34.5. The van der Waals surface area contributed by atoms with Gasteiger partial charge in [-0.2, -0.15) is 57.0 Å². The highest BCUT2D eigenvalue weighted by Crippen LogP contribution is 2.42. The second-order valence-electron chi connectivity index (χ2n) is 25.0. The molecule has 13 aromatic rings. The van der Waals surface area contributed by atoms with Gasteiger partial charge >= 0.3 is 18.5 Å². The number of hydrogen-bond acceptors (Lipinski definition) is 28. The maximum absolute atomic E-state index is 13.8. The van der Waals surface area contributed by atoms with Crippen molar-refractivity contribution in [3.05, 3.63) is 260 Å². The van der Waals surface area contributed by atoms with E-state index >= 15 is 0 Å². The summed E-state index contributed by atoms with van der Waals surface area (Å²) in [4.78, 5) is 15.3. The second-order valence-corrected chi connectivity index (χ2v) is 34.7. The summed E-state index contributed by atoms with van der Waals surface area (Å²) in [6.45, 7) is 4.90. The molecule has 125 heavy (non-hydrogen) atoms. The van der Waals surface area contributed by atoms with Crippen LogP contribution in [0.5, 0.6) is 63.2 Å². The largest absolute Gasteiger partial charge is 0.508 e. The number of anilines is 4. The quantitative estimate of drug-likeness (QED) is 0.0424. The van der Waals surface area contributed by atoms with E-state index in [9.17, 15) is 69.2 Å². The van der Waals surface area contributed by atoms with E-state index in [4.69, 9.17) is 77.8 Å². The summed E-state index contributed by atoms with van der Waals surface area (Å²) >= 11 is 22.2. The summed E-state index contributed by atoms with van der Waals surface area (Å²) in [5.41, 5.74) is 0.663. The average Bonchev–Trinajstić information content (AvgIpc) is 1.77. The van der Waals surface area contributed by atoms with E-state index in [1.54, 1.807) is 50.6 Å². The van der Waals surface area contributed by atoms with Gasteiger partial charge in [-0.05, 0) is 183 Å². The number of ether oxygens (including phenoxy) is 8. The first-order chi connectivity index (χ1) is 58.5. The van der Waals surface area contributed by atoms with Crippen LogP contribution in [0.3, 0.4) is 0 Å². The first-order valence-electron chi connectivity index (χ1n) is 34.7. The van der Waals surface area contributed by atoms with Gasteiger partial charge in [0.05, 0.1) is 102 Å². The maximum Gasteiger partial charge on any atom is 0.416 e. The lowest BCUT2D eigenvalue weighted by Gasteiger charge is -2.23. The van der Waals surface area contributed by atoms with E-state index in [-0.39, 0.29) is 94.4 Å². The Balaban J connectivity index is 0.000000202. The molecule has 0 amide bonds. The van der Waals surface area contributed by atoms with Crippen molar-refractivity contribution >= 4 is 132 Å². The molecule has 0 saturated carbocycles. The van der Waals surface area contributed by atoms with Gasteiger partial charge in [0.1, 0.15) is 94.4 Å². The molecule has 3 N–H and O–H groups in total. The highest BCUT2D eigenvalue weighted by molar-refractivity contribution is 7.93. The van der Waals surface area contributed by atoms with Crippen LogP contribution in [0, 0.1) is 26.6 Å². The maximum atomic E-state index is 13.8. The van der Waals surface area contributed by atoms with Crippen molar-refractivity contribution < 1.29 is 112 Å². The van der Waals surface area contributed by atoms with E-state index in [2.05, 4.69) is 47.5 Å². The SMILES string of the molecule is C.COc1ccc(CN(c2ncns2)S(=O)(=O)c2ccc(F)c(Cl)c2)c(OC)c1.COc1ccc(CN(c2ncns2)S(=O)(=O)c2ccc(Oc3cc(C)cc(C(F)(F)F)c3)c(Cl)c2)c(OC)c1.COc1ccc(CNc2ncns2)c(OC)c1.Cc1cc(O)cc(C(F)(F)F)c1.Cc1cc(Oc2ccc(S(=O)(=O)Nc3ncns3)cc2Cl)cc(C(F)(F)F)c1. The third kappa shape index (κ3) is 27.3. The fourth-order valence-corrected chi connectivity index (χ4v) is 17.9. The van der Waals surface area contributed by atoms with Crippen LogP contribution in [-0.4, -0.2) is 110 Å². The van der Waals surface area contributed by atoms with Gasteiger partial charge in [-0.1, -0.05) is 42.2 Å². The first kappa shape index (κ1) is 99.1. The van der Waals surface area contributed by atoms with E-state index in [0.29, 0.717) is 63.4 Å². The lowest BCUT2D eigenvalue weighted by molar-refractivity contribution is -0.138. The Morgan fingerprint density at radius 1 is 0.400 bits per heavy atom. The van der Waals surface area contributed by atoms with Crippen molar-refractivity contribution in [3.8, 4) is 63.2 Å². The molecule has 4 aromatic heterocycles. The molecule has 0 aliphatic rings. The average molecular weight is 1940 g/mol. The fraction of sp³-hybridized carbons (Fsp3) is 0.205. The minimum absolute atomic E-state index is 0. The lowest BCUT2D eigenvalue weighted by atomic mass is 10.1. The summed E-state index contributed by atoms with van der Waals surface area (Å²) < 4.78 is 269. The van der Waals surface area contributed by atoms with Gasteiger partial charge in [0, 0.05) is 87.6 Å². The molecule has 0 spiro atoms. The predicted molar refractivity (Wildman–Crippen MR) is 455 cm³/mol. The normalized spacial score (nSPS) is 11.4. The molecule has 4 heterocycles. The number of aromatic hydroxyl groups is 1. The van der Waals surface area contributed by atoms with Gasteiger partial charge in [0.2, 0.25) is 20.5 Å². The van der Waals surface area contributed by atoms with E-state index in [1.807, 2.05) is 18.2 Å². The number of aryl methyl sites for hydroxylation is 3. The van der Waals surface area contributed by atoms with Gasteiger partial charge < -0.3 is 48.3 Å². The highest BCUT2D eigenvalue weighted by Gasteiger charge is 2.36. The van der Waals surface area contributed by atoms with Crippen molar-refractivity contribution in [2.45, 2.75) is 81.0 Å². The number of halogens is 13. The fourth-order valence-electron chi connectivity index (χ4n) is 10.6. The summed E-state index contributed by atoms with van der Waals surface area (Å²) in [6, 6.07) is 35.6. The Labute approximate surface area is 741 Å². The molecule has 9 aromatic carbocycles. The van der Waals surface area contributed by atoms with Gasteiger partial charge in [0.25, 0.3) is 30.1 Å². The monoisotopic (exact) mass is 1930 g/mol. The predicted octanol–water partition coefficient (Wildman–Crippen LogP) is 21.1. The van der Waals surface area contributed by atoms with Crippen LogP contribution in [-0.2, 0) is 68.2 Å². The molecule has 666 valence electrons. The molecule has 0 atom stereocenters. The zero-order valence-electron chi connectivity index (χ0n) is 65.4. The number of rotatable bonds is 26. The Morgan fingerprint density at radius 3 is 1.14 bits per heavy atom. The van der Waals surface area contributed by atoms with Crippen molar-refractivity contribution in [1.82, 2.24) is 37.4 Å². The number of phenols is 1. The number of sulfonamides is 3. The molecule has 0 aliphatic carbocycles. The molecule has 0 bridgehead atoms. The van der Waals surface area contributed by atoms with Gasteiger partial charge in [-0.15, -0.1) is 0 Å². The number of aromatic nitrogens is 8. The van der Waals surface area contributed by atoms with Crippen molar-refractivity contribution in [1.29, 1.82) is 0 Å². The molecule has 0 radical (unpaired) electrons. The molecule has 13 rings (SSSR count). The standard InChI is InChI=1S/C25H21ClF3N3O5S2.C17H15ClFN3O4S2.C16H11ClF3N3O3S2.C11H13N3O2S.C8H7F3O.CH4/c1-15-8-17(25(27,28)29)10-19(9-15)37-22-7-6-20(12-21(22)26)39(33,34)32(24-30-14-31-38-24)13-16-4-5-18(35-2)11-23(16)36-3;1-25-12-4-3-11(16(7-12)26-2)9-22(17-20-10-21-27-17)28(23,24)13-5-6-15(19)14(18)8-13;1-9-4-10(16(18,19)20)6-11(5-9)26-14-3-2-12(7-13(14)17)28(24,25)23-15-21-8-22-27-15;1-15-9-4-3-8(10(5-9)16-2)6-12-11-13-7-14-17-11;1-5-2-6(8(9,10)11)4-7(12)3-5;/h4-12,14H,13H2,1-3H3;3-8,10H,9H2,1-2H3;2-8H,1H3,(H,21,22,23);3-5,7H,6H2,1-2H3,(H,12,13,14);2-4,12H,1H3;1H4. The van der Waals surface area contributed by atoms with E-state index in [0.717, 1.165) is 126 Å². The number of alkyl halides is 9. The second kappa shape index (κ2) is 43.5. The zero-order valence-corrected chi connectivity index (χ0v) is 73.4. The number of nitrogens with zero attached hydrogens (tertiary/aromatic N) is 10. The minimum Gasteiger partial charge on any atom is -0.508 e. The number of methoxy groups -OCH3 is 6. The topological polar surface area (TPSA) is 330 Å². The van der Waals surface area contributed by atoms with E-state index < -0.39 is 71.1 Å². The molecule has 27 nitrogen and oxygen atoms in total. The summed E-state index contributed by atoms with van der Waals surface area (Å²) in [7, 11) is -3.08. The third-order valence-corrected chi connectivity index (χ3v) is 25.0. The number of hydrogen-bond donors (Lipinski definition) is 3. The molecule has 0 aliphatic heterocycles. The summed E-state index contributed by atoms with van der Waals surface area (Å²) in [6.07, 6.45) is -8.26. The summed E-state index contributed by atoms with van der Waals surface area (Å²) in [5.74, 6) is 2.27. The Bertz CT molecular complexity index is 6130. The third-order valence-electron chi connectivity index (χ3n) is 16.4. The highest BCUT2D eigenvalue weighted by atomic mass is 35.5. The molecule has 0 unspecified atom stereocenters. The number of phenolic OH excluding ortho intramolecular Hbond substituents is 1. The molecular formula is C78H71Cl3F10N12O15S7. The van der Waals surface area contributed by atoms with Gasteiger partial charge in [-0.25, -0.2) is 58.2 Å². The Hall–Kier alpha value is -11.4. The zero-order chi connectivity index (χ0) is 90.7. The van der Waals surface area contributed by atoms with Crippen LogP contribution < -0.4 is 56.5 Å². The smallest absolute Gasteiger partial charge is 0.416 e. The van der Waals surface area contributed by atoms with Crippen LogP contribution in [0.1, 0.15) is 57.5 Å². The van der Waals surface area contributed by atoms with Crippen LogP contribution in [0.25, 0.3) is 0 Å². The van der Waals surface area contributed by atoms with Crippen LogP contribution in [0.4, 0.5) is 64.4 Å². The minimum atomic E-state index is -4.56. The van der Waals surface area contributed by atoms with Crippen LogP contribution >= 0.6 is 80.9 Å².